The molecule has 1 amide bonds. The first-order valence-corrected chi connectivity index (χ1v) is 8.09. The summed E-state index contributed by atoms with van der Waals surface area (Å²) >= 11 is 0. The molecule has 0 unspecified atom stereocenters. The number of phenols is 1. The zero-order valence-electron chi connectivity index (χ0n) is 14.2. The van der Waals surface area contributed by atoms with E-state index in [9.17, 15) is 9.90 Å². The van der Waals surface area contributed by atoms with E-state index in [1.807, 2.05) is 4.90 Å². The van der Waals surface area contributed by atoms with Crippen LogP contribution in [-0.4, -0.2) is 84.9 Å². The Labute approximate surface area is 146 Å². The van der Waals surface area contributed by atoms with Crippen molar-refractivity contribution >= 4 is 12.4 Å². The topological polar surface area (TPSA) is 99.5 Å². The first-order chi connectivity index (χ1) is 12.0. The largest absolute Gasteiger partial charge is 0.504 e. The molecule has 2 N–H and O–H groups in total. The molecule has 25 heavy (non-hydrogen) atoms. The zero-order valence-corrected chi connectivity index (χ0v) is 14.2. The van der Waals surface area contributed by atoms with E-state index in [1.54, 1.807) is 24.3 Å². The predicted octanol–water partition coefficient (Wildman–Crippen LogP) is 0.261. The van der Waals surface area contributed by atoms with Gasteiger partial charge in [-0.3, -0.25) is 9.59 Å². The van der Waals surface area contributed by atoms with Crippen LogP contribution < -0.4 is 4.74 Å². The normalized spacial score (nSPS) is 23.0. The Morgan fingerprint density at radius 3 is 2.76 bits per heavy atom. The summed E-state index contributed by atoms with van der Waals surface area (Å²) in [4.78, 5) is 25.0. The molecule has 1 aromatic rings. The lowest BCUT2D eigenvalue weighted by molar-refractivity contribution is -0.136. The van der Waals surface area contributed by atoms with Crippen molar-refractivity contribution in [2.24, 2.45) is 5.92 Å². The minimum atomic E-state index is -0.250. The summed E-state index contributed by atoms with van der Waals surface area (Å²) in [6.07, 6.45) is 0. The van der Waals surface area contributed by atoms with Crippen LogP contribution in [0.1, 0.15) is 0 Å². The molecule has 2 fully saturated rings. The van der Waals surface area contributed by atoms with Gasteiger partial charge in [0.05, 0.1) is 19.3 Å². The van der Waals surface area contributed by atoms with E-state index >= 15 is 0 Å². The molecule has 2 atom stereocenters. The van der Waals surface area contributed by atoms with Crippen LogP contribution >= 0.6 is 0 Å². The van der Waals surface area contributed by atoms with Crippen LogP contribution in [0.15, 0.2) is 24.3 Å². The molecule has 0 saturated carbocycles. The number of carboxylic acid groups (broad SMARTS) is 1. The van der Waals surface area contributed by atoms with Gasteiger partial charge in [-0.2, -0.15) is 0 Å². The minimum Gasteiger partial charge on any atom is -0.504 e. The van der Waals surface area contributed by atoms with Gasteiger partial charge >= 0.3 is 0 Å². The van der Waals surface area contributed by atoms with Gasteiger partial charge in [0.1, 0.15) is 0 Å². The summed E-state index contributed by atoms with van der Waals surface area (Å²) in [5, 5.41) is 16.6. The second-order valence-electron chi connectivity index (χ2n) is 6.19. The second kappa shape index (κ2) is 9.24. The van der Waals surface area contributed by atoms with Crippen molar-refractivity contribution in [1.82, 2.24) is 9.80 Å². The third-order valence-electron chi connectivity index (χ3n) is 4.19. The number of rotatable bonds is 3. The molecule has 2 aliphatic rings. The van der Waals surface area contributed by atoms with E-state index in [0.29, 0.717) is 31.4 Å². The maximum atomic E-state index is 12.5. The van der Waals surface area contributed by atoms with Gasteiger partial charge in [0.25, 0.3) is 12.4 Å². The number of carbonyl (C=O) groups excluding carboxylic acids is 1. The van der Waals surface area contributed by atoms with E-state index in [1.165, 1.54) is 0 Å². The number of fused-ring (bicyclic) bond motifs is 3. The van der Waals surface area contributed by atoms with Gasteiger partial charge in [-0.15, -0.1) is 0 Å². The van der Waals surface area contributed by atoms with Crippen LogP contribution in [0.3, 0.4) is 0 Å². The molecule has 0 spiro atoms. The minimum absolute atomic E-state index is 0.0491. The number of benzene rings is 1. The van der Waals surface area contributed by atoms with Gasteiger partial charge in [0.2, 0.25) is 0 Å². The van der Waals surface area contributed by atoms with E-state index in [0.717, 1.165) is 13.1 Å². The lowest BCUT2D eigenvalue weighted by Crippen LogP contribution is -2.47. The average Bonchev–Trinajstić information content (AvgIpc) is 2.85. The highest BCUT2D eigenvalue weighted by Gasteiger charge is 2.34. The fourth-order valence-corrected chi connectivity index (χ4v) is 3.18. The summed E-state index contributed by atoms with van der Waals surface area (Å²) in [6, 6.07) is 6.75. The number of carbonyl (C=O) groups is 2. The molecular formula is C17H24N2O6. The molecule has 0 aliphatic carbocycles. The van der Waals surface area contributed by atoms with Crippen LogP contribution in [-0.2, 0) is 14.3 Å². The highest BCUT2D eigenvalue weighted by molar-refractivity contribution is 5.78. The van der Waals surface area contributed by atoms with Crippen molar-refractivity contribution in [3.63, 3.8) is 0 Å². The summed E-state index contributed by atoms with van der Waals surface area (Å²) in [7, 11) is 2.08. The molecule has 1 aromatic carbocycles. The molecule has 2 heterocycles. The Morgan fingerprint density at radius 1 is 1.32 bits per heavy atom. The highest BCUT2D eigenvalue weighted by atomic mass is 16.5. The van der Waals surface area contributed by atoms with E-state index < -0.39 is 0 Å². The SMILES string of the molecule is CN1C[C@@H]2COC[C@H](C1)N(C(=O)COc1ccccc1O)C2.O=CO. The van der Waals surface area contributed by atoms with Gasteiger partial charge < -0.3 is 29.5 Å². The van der Waals surface area contributed by atoms with E-state index in [4.69, 9.17) is 19.4 Å². The van der Waals surface area contributed by atoms with Crippen LogP contribution in [0.25, 0.3) is 0 Å². The zero-order chi connectivity index (χ0) is 18.2. The number of nitrogens with zero attached hydrogens (tertiary/aromatic N) is 2. The number of amides is 1. The Morgan fingerprint density at radius 2 is 2.04 bits per heavy atom. The molecule has 0 radical (unpaired) electrons. The summed E-state index contributed by atoms with van der Waals surface area (Å²) in [6.45, 7) is 3.43. The van der Waals surface area contributed by atoms with Crippen molar-refractivity contribution in [3.8, 4) is 11.5 Å². The van der Waals surface area contributed by atoms with Crippen molar-refractivity contribution in [2.75, 3.05) is 46.5 Å². The third-order valence-corrected chi connectivity index (χ3v) is 4.19. The number of para-hydroxylation sites is 2. The quantitative estimate of drug-likeness (QED) is 0.753. The summed E-state index contributed by atoms with van der Waals surface area (Å²) in [5.74, 6) is 0.667. The standard InChI is InChI=1S/C16H22N2O4.CH2O2/c1-17-6-12-7-18(13(8-17)10-21-9-12)16(20)11-22-15-5-3-2-4-14(15)19;2-1-3/h2-5,12-13,19H,6-11H2,1H3;1H,(H,2,3)/t12-,13-;/m0./s1. The lowest BCUT2D eigenvalue weighted by atomic mass is 10.1. The molecule has 2 bridgehead atoms. The van der Waals surface area contributed by atoms with Gasteiger partial charge in [-0.05, 0) is 19.2 Å². The molecule has 2 aliphatic heterocycles. The van der Waals surface area contributed by atoms with Crippen LogP contribution in [0.4, 0.5) is 0 Å². The number of likely N-dealkylation sites (N-methyl/N-ethyl adjacent to an activating group) is 1. The molecule has 2 saturated heterocycles. The van der Waals surface area contributed by atoms with Crippen LogP contribution in [0.5, 0.6) is 11.5 Å². The molecule has 138 valence electrons. The van der Waals surface area contributed by atoms with Crippen molar-refractivity contribution in [2.45, 2.75) is 6.04 Å². The molecular weight excluding hydrogens is 328 g/mol. The second-order valence-corrected chi connectivity index (χ2v) is 6.19. The predicted molar refractivity (Wildman–Crippen MR) is 89.6 cm³/mol. The lowest BCUT2D eigenvalue weighted by Gasteiger charge is -2.29. The van der Waals surface area contributed by atoms with Crippen molar-refractivity contribution in [1.29, 1.82) is 0 Å². The first kappa shape index (κ1) is 19.0. The number of aromatic hydroxyl groups is 1. The van der Waals surface area contributed by atoms with Crippen molar-refractivity contribution < 1.29 is 29.3 Å². The van der Waals surface area contributed by atoms with Gasteiger partial charge in [-0.1, -0.05) is 12.1 Å². The molecule has 8 nitrogen and oxygen atoms in total. The Hall–Kier alpha value is -2.32. The number of hydrogen-bond acceptors (Lipinski definition) is 6. The van der Waals surface area contributed by atoms with Gasteiger partial charge in [-0.25, -0.2) is 0 Å². The maximum Gasteiger partial charge on any atom is 0.290 e. The Kier molecular flexibility index (Phi) is 7.03. The van der Waals surface area contributed by atoms with Crippen LogP contribution in [0, 0.1) is 5.92 Å². The summed E-state index contributed by atoms with van der Waals surface area (Å²) in [5.41, 5.74) is 0. The maximum absolute atomic E-state index is 12.5. The van der Waals surface area contributed by atoms with Gasteiger partial charge in [0.15, 0.2) is 18.1 Å². The molecule has 8 heteroatoms. The van der Waals surface area contributed by atoms with Crippen LogP contribution in [0.2, 0.25) is 0 Å². The average molecular weight is 352 g/mol. The number of hydrogen-bond donors (Lipinski definition) is 2. The van der Waals surface area contributed by atoms with E-state index in [-0.39, 0.29) is 30.8 Å². The number of ether oxygens (including phenoxy) is 2. The van der Waals surface area contributed by atoms with Gasteiger partial charge in [0, 0.05) is 25.6 Å². The Bertz CT molecular complexity index is 582. The Balaban J connectivity index is 0.000000701. The third kappa shape index (κ3) is 5.33. The smallest absolute Gasteiger partial charge is 0.290 e. The molecule has 0 aromatic heterocycles. The monoisotopic (exact) mass is 352 g/mol. The van der Waals surface area contributed by atoms with E-state index in [2.05, 4.69) is 11.9 Å². The summed E-state index contributed by atoms with van der Waals surface area (Å²) < 4.78 is 11.1. The highest BCUT2D eigenvalue weighted by Crippen LogP contribution is 2.25. The fraction of sp³-hybridized carbons (Fsp3) is 0.529. The number of phenolic OH excluding ortho intramolecular Hbond substituents is 1. The first-order valence-electron chi connectivity index (χ1n) is 8.09. The molecule has 3 rings (SSSR count). The fourth-order valence-electron chi connectivity index (χ4n) is 3.18. The van der Waals surface area contributed by atoms with Crippen molar-refractivity contribution in [3.05, 3.63) is 24.3 Å².